The zero-order chi connectivity index (χ0) is 16.1. The number of benzene rings is 2. The number of carbonyl (C=O) groups is 1. The SMILES string of the molecule is CCc1ccccc1C[C@@H](Oc1cc(C)cc(C)c1)C(=O)O. The van der Waals surface area contributed by atoms with Crippen LogP contribution in [0.2, 0.25) is 0 Å². The highest BCUT2D eigenvalue weighted by Crippen LogP contribution is 2.20. The first-order chi connectivity index (χ1) is 10.5. The Balaban J connectivity index is 2.21. The number of hydrogen-bond donors (Lipinski definition) is 1. The van der Waals surface area contributed by atoms with Crippen LogP contribution >= 0.6 is 0 Å². The average molecular weight is 298 g/mol. The molecule has 0 aliphatic carbocycles. The van der Waals surface area contributed by atoms with Crippen LogP contribution < -0.4 is 4.74 Å². The van der Waals surface area contributed by atoms with E-state index < -0.39 is 12.1 Å². The Morgan fingerprint density at radius 2 is 1.68 bits per heavy atom. The summed E-state index contributed by atoms with van der Waals surface area (Å²) in [5, 5.41) is 9.47. The van der Waals surface area contributed by atoms with Crippen molar-refractivity contribution in [2.75, 3.05) is 0 Å². The van der Waals surface area contributed by atoms with E-state index >= 15 is 0 Å². The molecule has 2 rings (SSSR count). The average Bonchev–Trinajstić information content (AvgIpc) is 2.46. The zero-order valence-electron chi connectivity index (χ0n) is 13.3. The minimum Gasteiger partial charge on any atom is -0.478 e. The summed E-state index contributed by atoms with van der Waals surface area (Å²) in [6.07, 6.45) is 0.368. The van der Waals surface area contributed by atoms with Crippen molar-refractivity contribution >= 4 is 5.97 Å². The van der Waals surface area contributed by atoms with Gasteiger partial charge < -0.3 is 9.84 Å². The number of rotatable bonds is 6. The second-order valence-electron chi connectivity index (χ2n) is 5.59. The van der Waals surface area contributed by atoms with Gasteiger partial charge in [-0.05, 0) is 54.7 Å². The predicted molar refractivity (Wildman–Crippen MR) is 87.5 cm³/mol. The molecule has 0 spiro atoms. The molecule has 22 heavy (non-hydrogen) atoms. The van der Waals surface area contributed by atoms with Gasteiger partial charge in [0.25, 0.3) is 0 Å². The van der Waals surface area contributed by atoms with Crippen LogP contribution in [0.15, 0.2) is 42.5 Å². The van der Waals surface area contributed by atoms with Gasteiger partial charge in [0.1, 0.15) is 5.75 Å². The largest absolute Gasteiger partial charge is 0.478 e. The number of hydrogen-bond acceptors (Lipinski definition) is 2. The van der Waals surface area contributed by atoms with E-state index in [1.165, 1.54) is 0 Å². The molecule has 3 nitrogen and oxygen atoms in total. The number of carboxylic acid groups (broad SMARTS) is 1. The lowest BCUT2D eigenvalue weighted by Gasteiger charge is -2.17. The minimum atomic E-state index is -0.940. The van der Waals surface area contributed by atoms with Crippen LogP contribution in [-0.4, -0.2) is 17.2 Å². The van der Waals surface area contributed by atoms with Crippen molar-refractivity contribution in [2.24, 2.45) is 0 Å². The normalized spacial score (nSPS) is 12.0. The molecule has 0 unspecified atom stereocenters. The van der Waals surface area contributed by atoms with E-state index in [-0.39, 0.29) is 0 Å². The fraction of sp³-hybridized carbons (Fsp3) is 0.316. The first-order valence-electron chi connectivity index (χ1n) is 7.54. The molecule has 1 N–H and O–H groups in total. The highest BCUT2D eigenvalue weighted by molar-refractivity contribution is 5.73. The van der Waals surface area contributed by atoms with Crippen molar-refractivity contribution in [1.82, 2.24) is 0 Å². The molecule has 0 aromatic heterocycles. The Kier molecular flexibility index (Phi) is 5.21. The highest BCUT2D eigenvalue weighted by atomic mass is 16.5. The second-order valence-corrected chi connectivity index (χ2v) is 5.59. The Bertz CT molecular complexity index is 641. The van der Waals surface area contributed by atoms with E-state index in [0.717, 1.165) is 28.7 Å². The molecule has 0 fully saturated rings. The Labute approximate surface area is 131 Å². The highest BCUT2D eigenvalue weighted by Gasteiger charge is 2.21. The van der Waals surface area contributed by atoms with Gasteiger partial charge in [-0.25, -0.2) is 4.79 Å². The first-order valence-corrected chi connectivity index (χ1v) is 7.54. The third-order valence-corrected chi connectivity index (χ3v) is 3.65. The lowest BCUT2D eigenvalue weighted by atomic mass is 10.00. The molecule has 0 heterocycles. The molecule has 2 aromatic rings. The van der Waals surface area contributed by atoms with E-state index in [2.05, 4.69) is 6.92 Å². The van der Waals surface area contributed by atoms with Gasteiger partial charge in [0.15, 0.2) is 6.10 Å². The van der Waals surface area contributed by atoms with Gasteiger partial charge >= 0.3 is 5.97 Å². The van der Waals surface area contributed by atoms with Crippen LogP contribution in [0.5, 0.6) is 5.75 Å². The third kappa shape index (κ3) is 4.10. The first kappa shape index (κ1) is 16.1. The van der Waals surface area contributed by atoms with Crippen molar-refractivity contribution in [3.63, 3.8) is 0 Å². The molecule has 0 amide bonds. The van der Waals surface area contributed by atoms with Gasteiger partial charge in [-0.1, -0.05) is 37.3 Å². The molecule has 0 aliphatic heterocycles. The summed E-state index contributed by atoms with van der Waals surface area (Å²) in [5.41, 5.74) is 4.32. The smallest absolute Gasteiger partial charge is 0.345 e. The van der Waals surface area contributed by atoms with E-state index in [1.54, 1.807) is 0 Å². The van der Waals surface area contributed by atoms with Crippen LogP contribution in [0, 0.1) is 13.8 Å². The molecule has 0 saturated carbocycles. The lowest BCUT2D eigenvalue weighted by Crippen LogP contribution is -2.29. The molecule has 116 valence electrons. The minimum absolute atomic E-state index is 0.367. The molecule has 0 aliphatic rings. The molecular weight excluding hydrogens is 276 g/mol. The fourth-order valence-corrected chi connectivity index (χ4v) is 2.65. The molecule has 0 radical (unpaired) electrons. The summed E-state index contributed by atoms with van der Waals surface area (Å²) >= 11 is 0. The number of carboxylic acids is 1. The van der Waals surface area contributed by atoms with Crippen LogP contribution in [-0.2, 0) is 17.6 Å². The predicted octanol–water partition coefficient (Wildman–Crippen LogP) is 3.94. The van der Waals surface area contributed by atoms with E-state index in [1.807, 2.05) is 56.3 Å². The van der Waals surface area contributed by atoms with Crippen LogP contribution in [0.3, 0.4) is 0 Å². The molecule has 0 bridgehead atoms. The summed E-state index contributed by atoms with van der Waals surface area (Å²) in [6, 6.07) is 13.7. The fourth-order valence-electron chi connectivity index (χ4n) is 2.65. The van der Waals surface area contributed by atoms with E-state index in [4.69, 9.17) is 4.74 Å². The maximum absolute atomic E-state index is 11.6. The summed E-state index contributed by atoms with van der Waals surface area (Å²) < 4.78 is 5.74. The Morgan fingerprint density at radius 3 is 2.23 bits per heavy atom. The molecule has 3 heteroatoms. The van der Waals surface area contributed by atoms with Gasteiger partial charge in [-0.15, -0.1) is 0 Å². The maximum Gasteiger partial charge on any atom is 0.345 e. The van der Waals surface area contributed by atoms with Gasteiger partial charge in [0.05, 0.1) is 0 Å². The zero-order valence-corrected chi connectivity index (χ0v) is 13.3. The van der Waals surface area contributed by atoms with Gasteiger partial charge in [-0.3, -0.25) is 0 Å². The quantitative estimate of drug-likeness (QED) is 0.878. The monoisotopic (exact) mass is 298 g/mol. The number of ether oxygens (including phenoxy) is 1. The van der Waals surface area contributed by atoms with Crippen LogP contribution in [0.4, 0.5) is 0 Å². The van der Waals surface area contributed by atoms with Gasteiger partial charge in [0, 0.05) is 6.42 Å². The topological polar surface area (TPSA) is 46.5 Å². The molecule has 1 atom stereocenters. The maximum atomic E-state index is 11.6. The molecule has 2 aromatic carbocycles. The third-order valence-electron chi connectivity index (χ3n) is 3.65. The Hall–Kier alpha value is -2.29. The van der Waals surface area contributed by atoms with E-state index in [9.17, 15) is 9.90 Å². The summed E-state index contributed by atoms with van der Waals surface area (Å²) in [4.78, 5) is 11.6. The number of aryl methyl sites for hydroxylation is 3. The van der Waals surface area contributed by atoms with Gasteiger partial charge in [-0.2, -0.15) is 0 Å². The van der Waals surface area contributed by atoms with Crippen molar-refractivity contribution in [2.45, 2.75) is 39.7 Å². The van der Waals surface area contributed by atoms with Crippen LogP contribution in [0.25, 0.3) is 0 Å². The van der Waals surface area contributed by atoms with Crippen molar-refractivity contribution in [3.8, 4) is 5.75 Å². The van der Waals surface area contributed by atoms with Crippen molar-refractivity contribution in [1.29, 1.82) is 0 Å². The lowest BCUT2D eigenvalue weighted by molar-refractivity contribution is -0.145. The summed E-state index contributed by atoms with van der Waals surface area (Å²) in [5.74, 6) is -0.330. The van der Waals surface area contributed by atoms with Crippen LogP contribution in [0.1, 0.15) is 29.2 Å². The molecule has 0 saturated heterocycles. The van der Waals surface area contributed by atoms with E-state index in [0.29, 0.717) is 12.2 Å². The van der Waals surface area contributed by atoms with Crippen molar-refractivity contribution < 1.29 is 14.6 Å². The standard InChI is InChI=1S/C19H22O3/c1-4-15-7-5-6-8-16(15)12-18(19(20)21)22-17-10-13(2)9-14(3)11-17/h5-11,18H,4,12H2,1-3H3,(H,20,21)/t18-/m1/s1. The number of aliphatic carboxylic acids is 1. The molecular formula is C19H22O3. The summed E-state index contributed by atoms with van der Waals surface area (Å²) in [6.45, 7) is 6.02. The van der Waals surface area contributed by atoms with Gasteiger partial charge in [0.2, 0.25) is 0 Å². The summed E-state index contributed by atoms with van der Waals surface area (Å²) in [7, 11) is 0. The van der Waals surface area contributed by atoms with Crippen molar-refractivity contribution in [3.05, 3.63) is 64.7 Å². The Morgan fingerprint density at radius 1 is 1.09 bits per heavy atom. The second kappa shape index (κ2) is 7.12.